The van der Waals surface area contributed by atoms with Gasteiger partial charge in [0.2, 0.25) is 0 Å². The Morgan fingerprint density at radius 3 is 3.05 bits per heavy atom. The largest absolute Gasteiger partial charge is 0.497 e. The molecule has 0 aliphatic carbocycles. The number of carbonyl (C=O) groups is 1. The van der Waals surface area contributed by atoms with E-state index in [0.717, 1.165) is 17.1 Å². The fourth-order valence-corrected chi connectivity index (χ4v) is 3.69. The number of hydrogen-bond acceptors (Lipinski definition) is 4. The zero-order chi connectivity index (χ0) is 15.9. The lowest BCUT2D eigenvalue weighted by Gasteiger charge is -2.24. The van der Waals surface area contributed by atoms with Gasteiger partial charge in [0.05, 0.1) is 19.8 Å². The van der Waals surface area contributed by atoms with E-state index in [1.807, 2.05) is 29.2 Å². The fourth-order valence-electron chi connectivity index (χ4n) is 2.12. The maximum Gasteiger partial charge on any atom is 0.436 e. The second-order valence-corrected chi connectivity index (χ2v) is 5.99. The summed E-state index contributed by atoms with van der Waals surface area (Å²) in [7, 11) is 1.64. The van der Waals surface area contributed by atoms with Crippen LogP contribution in [0.3, 0.4) is 0 Å². The van der Waals surface area contributed by atoms with E-state index in [0.29, 0.717) is 24.2 Å². The van der Waals surface area contributed by atoms with Gasteiger partial charge in [-0.25, -0.2) is 4.79 Å². The molecule has 0 saturated carbocycles. The summed E-state index contributed by atoms with van der Waals surface area (Å²) < 4.78 is 10.1. The van der Waals surface area contributed by atoms with Crippen molar-refractivity contribution in [3.63, 3.8) is 0 Å². The van der Waals surface area contributed by atoms with E-state index in [1.165, 1.54) is 11.8 Å². The molecule has 1 heterocycles. The molecule has 1 amide bonds. The number of aliphatic imine (C=N–C) groups is 1. The third-order valence-electron chi connectivity index (χ3n) is 3.21. The number of nitrogens with zero attached hydrogens (tertiary/aromatic N) is 2. The molecule has 0 spiro atoms. The van der Waals surface area contributed by atoms with Gasteiger partial charge in [-0.15, -0.1) is 11.6 Å². The molecule has 1 aliphatic heterocycles. The van der Waals surface area contributed by atoms with E-state index >= 15 is 0 Å². The van der Waals surface area contributed by atoms with Gasteiger partial charge in [-0.3, -0.25) is 0 Å². The van der Waals surface area contributed by atoms with Gasteiger partial charge < -0.3 is 14.4 Å². The summed E-state index contributed by atoms with van der Waals surface area (Å²) in [5.74, 6) is 2.10. The highest BCUT2D eigenvalue weighted by atomic mass is 35.5. The minimum absolute atomic E-state index is 0.144. The second kappa shape index (κ2) is 8.29. The van der Waals surface area contributed by atoms with Gasteiger partial charge >= 0.3 is 6.09 Å². The van der Waals surface area contributed by atoms with Crippen LogP contribution in [0.1, 0.15) is 12.5 Å². The van der Waals surface area contributed by atoms with Gasteiger partial charge in [0.25, 0.3) is 0 Å². The lowest BCUT2D eigenvalue weighted by molar-refractivity contribution is 0.163. The molecule has 0 N–H and O–H groups in total. The van der Waals surface area contributed by atoms with Gasteiger partial charge in [-0.2, -0.15) is 4.99 Å². The van der Waals surface area contributed by atoms with Crippen molar-refractivity contribution in [1.29, 1.82) is 0 Å². The fraction of sp³-hybridized carbons (Fsp3) is 0.467. The minimum atomic E-state index is -0.559. The van der Waals surface area contributed by atoms with Gasteiger partial charge in [0, 0.05) is 18.2 Å². The highest BCUT2D eigenvalue weighted by Gasteiger charge is 2.30. The molecular formula is C15H19ClN2O3S. The van der Waals surface area contributed by atoms with Crippen molar-refractivity contribution in [3.05, 3.63) is 29.8 Å². The topological polar surface area (TPSA) is 51.1 Å². The van der Waals surface area contributed by atoms with Crippen LogP contribution >= 0.6 is 23.4 Å². The predicted octanol–water partition coefficient (Wildman–Crippen LogP) is 3.36. The molecule has 1 unspecified atom stereocenters. The standard InChI is InChI=1S/C15H19ClN2O3S/c1-3-21-15(19)17-14-18(12(8-16)10-22-14)9-11-5-4-6-13(7-11)20-2/h4-7,12H,3,8-10H2,1-2H3/b17-14-. The molecule has 1 fully saturated rings. The summed E-state index contributed by atoms with van der Waals surface area (Å²) in [6.45, 7) is 2.70. The van der Waals surface area contributed by atoms with Crippen LogP contribution in [0, 0.1) is 0 Å². The van der Waals surface area contributed by atoms with Crippen molar-refractivity contribution in [2.45, 2.75) is 19.5 Å². The van der Waals surface area contributed by atoms with Crippen molar-refractivity contribution in [2.75, 3.05) is 25.3 Å². The molecule has 0 bridgehead atoms. The first-order valence-electron chi connectivity index (χ1n) is 7.01. The predicted molar refractivity (Wildman–Crippen MR) is 90.0 cm³/mol. The van der Waals surface area contributed by atoms with Gasteiger partial charge in [-0.05, 0) is 24.6 Å². The summed E-state index contributed by atoms with van der Waals surface area (Å²) in [4.78, 5) is 17.7. The highest BCUT2D eigenvalue weighted by Crippen LogP contribution is 2.28. The summed E-state index contributed by atoms with van der Waals surface area (Å²) in [6.07, 6.45) is -0.559. The van der Waals surface area contributed by atoms with Crippen LogP contribution in [0.2, 0.25) is 0 Å². The molecule has 2 rings (SSSR count). The van der Waals surface area contributed by atoms with Crippen molar-refractivity contribution < 1.29 is 14.3 Å². The summed E-state index contributed by atoms with van der Waals surface area (Å²) in [6, 6.07) is 7.96. The van der Waals surface area contributed by atoms with Gasteiger partial charge in [0.1, 0.15) is 5.75 Å². The molecule has 1 atom stereocenters. The maximum absolute atomic E-state index is 11.6. The average molecular weight is 343 g/mol. The number of hydrogen-bond donors (Lipinski definition) is 0. The average Bonchev–Trinajstić information content (AvgIpc) is 2.89. The number of ether oxygens (including phenoxy) is 2. The molecule has 120 valence electrons. The Morgan fingerprint density at radius 2 is 2.36 bits per heavy atom. The van der Waals surface area contributed by atoms with Crippen molar-refractivity contribution >= 4 is 34.6 Å². The lowest BCUT2D eigenvalue weighted by atomic mass is 10.2. The number of thioether (sulfide) groups is 1. The van der Waals surface area contributed by atoms with Gasteiger partial charge in [0.15, 0.2) is 5.17 Å². The van der Waals surface area contributed by atoms with Crippen LogP contribution in [0.5, 0.6) is 5.75 Å². The van der Waals surface area contributed by atoms with Crippen LogP contribution in [-0.2, 0) is 11.3 Å². The molecule has 22 heavy (non-hydrogen) atoms. The normalized spacial score (nSPS) is 19.5. The van der Waals surface area contributed by atoms with E-state index < -0.39 is 6.09 Å². The first kappa shape index (κ1) is 17.0. The first-order valence-corrected chi connectivity index (χ1v) is 8.53. The minimum Gasteiger partial charge on any atom is -0.497 e. The summed E-state index contributed by atoms with van der Waals surface area (Å²) in [5.41, 5.74) is 1.08. The lowest BCUT2D eigenvalue weighted by Crippen LogP contribution is -2.35. The van der Waals surface area contributed by atoms with Crippen LogP contribution in [0.25, 0.3) is 0 Å². The zero-order valence-corrected chi connectivity index (χ0v) is 14.2. The number of amides is 1. The number of benzene rings is 1. The smallest absolute Gasteiger partial charge is 0.436 e. The third kappa shape index (κ3) is 4.30. The van der Waals surface area contributed by atoms with E-state index in [4.69, 9.17) is 21.1 Å². The van der Waals surface area contributed by atoms with E-state index in [9.17, 15) is 4.79 Å². The van der Waals surface area contributed by atoms with E-state index in [1.54, 1.807) is 14.0 Å². The third-order valence-corrected chi connectivity index (χ3v) is 4.70. The van der Waals surface area contributed by atoms with Crippen LogP contribution in [0.15, 0.2) is 29.3 Å². The van der Waals surface area contributed by atoms with Crippen LogP contribution < -0.4 is 4.74 Å². The molecule has 1 saturated heterocycles. The Balaban J connectivity index is 2.17. The van der Waals surface area contributed by atoms with Crippen LogP contribution in [-0.4, -0.2) is 47.6 Å². The Bertz CT molecular complexity index is 553. The Morgan fingerprint density at radius 1 is 1.55 bits per heavy atom. The molecule has 0 aromatic heterocycles. The number of carbonyl (C=O) groups excluding carboxylic acids is 1. The van der Waals surface area contributed by atoms with Crippen molar-refractivity contribution in [1.82, 2.24) is 4.90 Å². The number of rotatable bonds is 5. The quantitative estimate of drug-likeness (QED) is 0.768. The zero-order valence-electron chi connectivity index (χ0n) is 12.6. The Hall–Kier alpha value is -1.40. The highest BCUT2D eigenvalue weighted by molar-refractivity contribution is 8.14. The number of halogens is 1. The number of alkyl halides is 1. The van der Waals surface area contributed by atoms with Gasteiger partial charge in [-0.1, -0.05) is 23.9 Å². The summed E-state index contributed by atoms with van der Waals surface area (Å²) >= 11 is 7.57. The monoisotopic (exact) mass is 342 g/mol. The summed E-state index contributed by atoms with van der Waals surface area (Å²) in [5, 5.41) is 0.659. The molecule has 1 aromatic carbocycles. The Labute approximate surface area is 139 Å². The van der Waals surface area contributed by atoms with Crippen molar-refractivity contribution in [2.24, 2.45) is 4.99 Å². The second-order valence-electron chi connectivity index (χ2n) is 4.69. The first-order chi connectivity index (χ1) is 10.7. The van der Waals surface area contributed by atoms with Crippen LogP contribution in [0.4, 0.5) is 4.79 Å². The number of methoxy groups -OCH3 is 1. The number of amidine groups is 1. The molecule has 0 radical (unpaired) electrons. The molecule has 1 aromatic rings. The molecular weight excluding hydrogens is 324 g/mol. The molecule has 5 nitrogen and oxygen atoms in total. The Kier molecular flexibility index (Phi) is 6.39. The van der Waals surface area contributed by atoms with Crippen molar-refractivity contribution in [3.8, 4) is 5.75 Å². The van der Waals surface area contributed by atoms with E-state index in [-0.39, 0.29) is 6.04 Å². The molecule has 1 aliphatic rings. The molecule has 7 heteroatoms. The maximum atomic E-state index is 11.6. The van der Waals surface area contributed by atoms with E-state index in [2.05, 4.69) is 4.99 Å². The SMILES string of the molecule is CCOC(=O)/N=C1\SCC(CCl)N1Cc1cccc(OC)c1.